The summed E-state index contributed by atoms with van der Waals surface area (Å²) in [6.45, 7) is 5.25. The molecule has 1 amide bonds. The lowest BCUT2D eigenvalue weighted by Crippen LogP contribution is -2.44. The van der Waals surface area contributed by atoms with Gasteiger partial charge in [0.25, 0.3) is 0 Å². The molecular formula is C22H28N2O3. The van der Waals surface area contributed by atoms with Gasteiger partial charge in [0.2, 0.25) is 5.91 Å². The Hall–Kier alpha value is -2.11. The fraction of sp³-hybridized carbons (Fsp3) is 0.500. The molecule has 0 N–H and O–H groups in total. The lowest BCUT2D eigenvalue weighted by Gasteiger charge is -2.26. The van der Waals surface area contributed by atoms with Crippen LogP contribution < -0.4 is 0 Å². The van der Waals surface area contributed by atoms with E-state index in [-0.39, 0.29) is 18.1 Å². The maximum Gasteiger partial charge on any atom is 0.240 e. The number of carbonyl (C=O) groups is 1. The van der Waals surface area contributed by atoms with Crippen LogP contribution in [0.1, 0.15) is 30.6 Å². The number of amides is 1. The van der Waals surface area contributed by atoms with Gasteiger partial charge < -0.3 is 14.1 Å². The van der Waals surface area contributed by atoms with Crippen molar-refractivity contribution in [2.24, 2.45) is 0 Å². The van der Waals surface area contributed by atoms with E-state index in [9.17, 15) is 4.79 Å². The molecule has 2 fully saturated rings. The highest BCUT2D eigenvalue weighted by Crippen LogP contribution is 2.28. The standard InChI is InChI=1S/C22H28N2O3/c1-16-5-7-17(8-6-16)21-10-9-18(27-21)14-24-15-19(26-2)13-20(24)22(25)23-11-3-4-12-23/h5-10,19-20H,3-4,11-15H2,1-2H3/t19-,20-/m0/s1. The van der Waals surface area contributed by atoms with Crippen molar-refractivity contribution in [3.05, 3.63) is 47.7 Å². The third-order valence-corrected chi connectivity index (χ3v) is 5.76. The van der Waals surface area contributed by atoms with Gasteiger partial charge in [-0.05, 0) is 38.3 Å². The normalized spacial score (nSPS) is 23.3. The molecule has 5 nitrogen and oxygen atoms in total. The summed E-state index contributed by atoms with van der Waals surface area (Å²) in [5.74, 6) is 2.01. The van der Waals surface area contributed by atoms with Crippen molar-refractivity contribution in [3.8, 4) is 11.3 Å². The fourth-order valence-corrected chi connectivity index (χ4v) is 4.15. The van der Waals surface area contributed by atoms with Crippen LogP contribution in [-0.4, -0.2) is 54.6 Å². The Morgan fingerprint density at radius 3 is 2.59 bits per heavy atom. The van der Waals surface area contributed by atoms with Gasteiger partial charge in [-0.3, -0.25) is 9.69 Å². The Labute approximate surface area is 160 Å². The third-order valence-electron chi connectivity index (χ3n) is 5.76. The summed E-state index contributed by atoms with van der Waals surface area (Å²) in [4.78, 5) is 17.2. The summed E-state index contributed by atoms with van der Waals surface area (Å²) < 4.78 is 11.7. The Kier molecular flexibility index (Phi) is 5.32. The summed E-state index contributed by atoms with van der Waals surface area (Å²) in [6.07, 6.45) is 3.10. The van der Waals surface area contributed by atoms with E-state index in [1.165, 1.54) is 5.56 Å². The van der Waals surface area contributed by atoms with Gasteiger partial charge in [0.15, 0.2) is 0 Å². The average Bonchev–Trinajstić information content (AvgIpc) is 3.43. The van der Waals surface area contributed by atoms with Crippen molar-refractivity contribution in [2.45, 2.75) is 44.9 Å². The molecule has 0 unspecified atom stereocenters. The van der Waals surface area contributed by atoms with Gasteiger partial charge in [-0.2, -0.15) is 0 Å². The zero-order valence-corrected chi connectivity index (χ0v) is 16.2. The Balaban J connectivity index is 1.48. The number of rotatable bonds is 5. The summed E-state index contributed by atoms with van der Waals surface area (Å²) in [5.41, 5.74) is 2.31. The van der Waals surface area contributed by atoms with E-state index in [0.717, 1.165) is 56.0 Å². The van der Waals surface area contributed by atoms with Crippen LogP contribution >= 0.6 is 0 Å². The number of nitrogens with zero attached hydrogens (tertiary/aromatic N) is 2. The molecule has 2 saturated heterocycles. The largest absolute Gasteiger partial charge is 0.460 e. The van der Waals surface area contributed by atoms with Crippen LogP contribution in [0, 0.1) is 6.92 Å². The number of carbonyl (C=O) groups excluding carboxylic acids is 1. The smallest absolute Gasteiger partial charge is 0.240 e. The lowest BCUT2D eigenvalue weighted by atomic mass is 10.1. The minimum atomic E-state index is -0.110. The Morgan fingerprint density at radius 1 is 1.15 bits per heavy atom. The van der Waals surface area contributed by atoms with Crippen molar-refractivity contribution in [2.75, 3.05) is 26.7 Å². The van der Waals surface area contributed by atoms with Crippen molar-refractivity contribution in [1.29, 1.82) is 0 Å². The molecular weight excluding hydrogens is 340 g/mol. The van der Waals surface area contributed by atoms with E-state index in [1.807, 2.05) is 17.0 Å². The van der Waals surface area contributed by atoms with Crippen molar-refractivity contribution in [3.63, 3.8) is 0 Å². The van der Waals surface area contributed by atoms with Crippen LogP contribution in [0.2, 0.25) is 0 Å². The number of ether oxygens (including phenoxy) is 1. The van der Waals surface area contributed by atoms with E-state index in [0.29, 0.717) is 6.54 Å². The van der Waals surface area contributed by atoms with Crippen molar-refractivity contribution >= 4 is 5.91 Å². The van der Waals surface area contributed by atoms with E-state index >= 15 is 0 Å². The van der Waals surface area contributed by atoms with Crippen LogP contribution in [0.25, 0.3) is 11.3 Å². The minimum Gasteiger partial charge on any atom is -0.460 e. The first-order chi connectivity index (χ1) is 13.1. The van der Waals surface area contributed by atoms with Crippen molar-refractivity contribution < 1.29 is 13.9 Å². The Morgan fingerprint density at radius 2 is 1.89 bits per heavy atom. The van der Waals surface area contributed by atoms with Gasteiger partial charge in [0.1, 0.15) is 11.5 Å². The highest BCUT2D eigenvalue weighted by Gasteiger charge is 2.39. The van der Waals surface area contributed by atoms with Crippen LogP contribution in [0.4, 0.5) is 0 Å². The first-order valence-electron chi connectivity index (χ1n) is 9.85. The number of hydrogen-bond acceptors (Lipinski definition) is 4. The topological polar surface area (TPSA) is 45.9 Å². The summed E-state index contributed by atoms with van der Waals surface area (Å²) in [6, 6.07) is 12.3. The molecule has 5 heteroatoms. The van der Waals surface area contributed by atoms with E-state index < -0.39 is 0 Å². The minimum absolute atomic E-state index is 0.105. The van der Waals surface area contributed by atoms with Gasteiger partial charge in [-0.25, -0.2) is 0 Å². The molecule has 0 radical (unpaired) electrons. The molecule has 0 aliphatic carbocycles. The SMILES string of the molecule is CO[C@H]1C[C@@H](C(=O)N2CCCC2)N(Cc2ccc(-c3ccc(C)cc3)o2)C1. The maximum atomic E-state index is 13.0. The summed E-state index contributed by atoms with van der Waals surface area (Å²) >= 11 is 0. The van der Waals surface area contributed by atoms with E-state index in [1.54, 1.807) is 7.11 Å². The molecule has 2 aromatic rings. The van der Waals surface area contributed by atoms with Gasteiger partial charge in [-0.1, -0.05) is 29.8 Å². The Bertz CT molecular complexity index is 777. The highest BCUT2D eigenvalue weighted by molar-refractivity contribution is 5.82. The molecule has 144 valence electrons. The lowest BCUT2D eigenvalue weighted by molar-refractivity contribution is -0.135. The first kappa shape index (κ1) is 18.3. The molecule has 1 aromatic heterocycles. The van der Waals surface area contributed by atoms with Gasteiger partial charge in [-0.15, -0.1) is 0 Å². The quantitative estimate of drug-likeness (QED) is 0.811. The van der Waals surface area contributed by atoms with Crippen molar-refractivity contribution in [1.82, 2.24) is 9.80 Å². The van der Waals surface area contributed by atoms with Gasteiger partial charge in [0.05, 0.1) is 18.7 Å². The molecule has 1 aromatic carbocycles. The first-order valence-corrected chi connectivity index (χ1v) is 9.85. The molecule has 0 saturated carbocycles. The number of furan rings is 1. The van der Waals surface area contributed by atoms with Gasteiger partial charge >= 0.3 is 0 Å². The van der Waals surface area contributed by atoms with E-state index in [2.05, 4.69) is 36.1 Å². The monoisotopic (exact) mass is 368 g/mol. The second-order valence-electron chi connectivity index (χ2n) is 7.70. The summed E-state index contributed by atoms with van der Waals surface area (Å²) in [5, 5.41) is 0. The van der Waals surface area contributed by atoms with E-state index in [4.69, 9.17) is 9.15 Å². The molecule has 4 rings (SSSR count). The zero-order valence-electron chi connectivity index (χ0n) is 16.2. The summed E-state index contributed by atoms with van der Waals surface area (Å²) in [7, 11) is 1.73. The second kappa shape index (κ2) is 7.87. The predicted molar refractivity (Wildman–Crippen MR) is 104 cm³/mol. The average molecular weight is 368 g/mol. The van der Waals surface area contributed by atoms with Crippen LogP contribution in [-0.2, 0) is 16.1 Å². The molecule has 2 aliphatic heterocycles. The van der Waals surface area contributed by atoms with Crippen LogP contribution in [0.3, 0.4) is 0 Å². The highest BCUT2D eigenvalue weighted by atomic mass is 16.5. The number of aryl methyl sites for hydroxylation is 1. The number of benzene rings is 1. The molecule has 2 aliphatic rings. The number of methoxy groups -OCH3 is 1. The van der Waals surface area contributed by atoms with Gasteiger partial charge in [0, 0.05) is 32.3 Å². The molecule has 2 atom stereocenters. The van der Waals surface area contributed by atoms with Crippen LogP contribution in [0.15, 0.2) is 40.8 Å². The maximum absolute atomic E-state index is 13.0. The number of hydrogen-bond donors (Lipinski definition) is 0. The second-order valence-corrected chi connectivity index (χ2v) is 7.70. The van der Waals surface area contributed by atoms with Crippen LogP contribution in [0.5, 0.6) is 0 Å². The fourth-order valence-electron chi connectivity index (χ4n) is 4.15. The number of likely N-dealkylation sites (tertiary alicyclic amines) is 2. The molecule has 3 heterocycles. The zero-order chi connectivity index (χ0) is 18.8. The molecule has 0 bridgehead atoms. The molecule has 27 heavy (non-hydrogen) atoms. The predicted octanol–water partition coefficient (Wildman–Crippen LogP) is 3.47. The third kappa shape index (κ3) is 3.94. The molecule has 0 spiro atoms.